The lowest BCUT2D eigenvalue weighted by Gasteiger charge is -2.23. The van der Waals surface area contributed by atoms with Crippen LogP contribution in [0, 0.1) is 0 Å². The summed E-state index contributed by atoms with van der Waals surface area (Å²) in [7, 11) is 0. The first-order valence-electron chi connectivity index (χ1n) is 11.5. The molecule has 3 aromatic carbocycles. The number of thioether (sulfide) groups is 1. The fraction of sp³-hybridized carbons (Fsp3) is 0.0714. The van der Waals surface area contributed by atoms with E-state index in [4.69, 9.17) is 34.8 Å². The minimum absolute atomic E-state index is 0.0492. The molecule has 11 heteroatoms. The molecule has 39 heavy (non-hydrogen) atoms. The second kappa shape index (κ2) is 11.9. The van der Waals surface area contributed by atoms with Gasteiger partial charge in [-0.3, -0.25) is 14.5 Å². The SMILES string of the molecule is O=C(/C=C/c1ccccc1)C1=C(O)C(=O)N(c2nnc(SCc3ccc(Cl)cc3Cl)s2)C1c1ccc(Cl)cc1. The van der Waals surface area contributed by atoms with Crippen LogP contribution in [0.3, 0.4) is 0 Å². The first kappa shape index (κ1) is 27.4. The second-order valence-electron chi connectivity index (χ2n) is 8.37. The number of allylic oxidation sites excluding steroid dienone is 1. The van der Waals surface area contributed by atoms with Crippen molar-refractivity contribution in [2.24, 2.45) is 0 Å². The van der Waals surface area contributed by atoms with Crippen LogP contribution in [0.4, 0.5) is 5.13 Å². The quantitative estimate of drug-likeness (QED) is 0.123. The Morgan fingerprint density at radius 3 is 2.44 bits per heavy atom. The van der Waals surface area contributed by atoms with Crippen LogP contribution in [0.5, 0.6) is 0 Å². The molecule has 0 radical (unpaired) electrons. The summed E-state index contributed by atoms with van der Waals surface area (Å²) in [5, 5.41) is 21.1. The van der Waals surface area contributed by atoms with Gasteiger partial charge in [-0.15, -0.1) is 10.2 Å². The van der Waals surface area contributed by atoms with E-state index in [0.717, 1.165) is 11.1 Å². The summed E-state index contributed by atoms with van der Waals surface area (Å²) in [6, 6.07) is 20.3. The third kappa shape index (κ3) is 6.05. The van der Waals surface area contributed by atoms with Gasteiger partial charge >= 0.3 is 0 Å². The molecule has 196 valence electrons. The van der Waals surface area contributed by atoms with Gasteiger partial charge in [0.25, 0.3) is 5.91 Å². The van der Waals surface area contributed by atoms with E-state index >= 15 is 0 Å². The van der Waals surface area contributed by atoms with Crippen LogP contribution in [-0.4, -0.2) is 27.0 Å². The Labute approximate surface area is 247 Å². The second-order valence-corrected chi connectivity index (χ2v) is 11.8. The molecule has 0 bridgehead atoms. The molecule has 2 heterocycles. The highest BCUT2D eigenvalue weighted by atomic mass is 35.5. The molecule has 1 N–H and O–H groups in total. The molecule has 0 saturated heterocycles. The fourth-order valence-electron chi connectivity index (χ4n) is 3.98. The Balaban J connectivity index is 1.45. The number of ketones is 1. The number of anilines is 1. The minimum atomic E-state index is -0.917. The number of carbonyl (C=O) groups is 2. The summed E-state index contributed by atoms with van der Waals surface area (Å²) in [5.74, 6) is -1.35. The average Bonchev–Trinajstić information content (AvgIpc) is 3.50. The maximum absolute atomic E-state index is 13.4. The molecule has 5 rings (SSSR count). The zero-order valence-electron chi connectivity index (χ0n) is 19.9. The van der Waals surface area contributed by atoms with Gasteiger partial charge in [0.05, 0.1) is 11.6 Å². The van der Waals surface area contributed by atoms with Crippen LogP contribution in [-0.2, 0) is 15.3 Å². The summed E-state index contributed by atoms with van der Waals surface area (Å²) in [6.07, 6.45) is 2.98. The van der Waals surface area contributed by atoms with Crippen molar-refractivity contribution in [1.82, 2.24) is 10.2 Å². The number of aliphatic hydroxyl groups excluding tert-OH is 1. The molecule has 0 saturated carbocycles. The topological polar surface area (TPSA) is 83.4 Å². The number of aromatic nitrogens is 2. The lowest BCUT2D eigenvalue weighted by Crippen LogP contribution is -2.30. The molecule has 1 atom stereocenters. The third-order valence-electron chi connectivity index (χ3n) is 5.85. The Hall–Kier alpha value is -3.14. The van der Waals surface area contributed by atoms with Gasteiger partial charge in [-0.05, 0) is 47.0 Å². The molecular weight excluding hydrogens is 597 g/mol. The number of carbonyl (C=O) groups excluding carboxylic acids is 2. The molecule has 0 spiro atoms. The normalized spacial score (nSPS) is 15.5. The predicted molar refractivity (Wildman–Crippen MR) is 158 cm³/mol. The van der Waals surface area contributed by atoms with E-state index in [1.54, 1.807) is 42.5 Å². The van der Waals surface area contributed by atoms with E-state index in [1.165, 1.54) is 34.1 Å². The van der Waals surface area contributed by atoms with Crippen LogP contribution >= 0.6 is 57.9 Å². The van der Waals surface area contributed by atoms with E-state index in [0.29, 0.717) is 30.7 Å². The van der Waals surface area contributed by atoms with Crippen molar-refractivity contribution in [1.29, 1.82) is 0 Å². The van der Waals surface area contributed by atoms with E-state index in [9.17, 15) is 14.7 Å². The van der Waals surface area contributed by atoms with Gasteiger partial charge in [0, 0.05) is 20.8 Å². The molecule has 1 aliphatic heterocycles. The van der Waals surface area contributed by atoms with E-state index in [-0.39, 0.29) is 10.7 Å². The van der Waals surface area contributed by atoms with Crippen molar-refractivity contribution in [3.05, 3.63) is 122 Å². The van der Waals surface area contributed by atoms with Crippen molar-refractivity contribution >= 4 is 80.8 Å². The van der Waals surface area contributed by atoms with Crippen LogP contribution in [0.1, 0.15) is 22.7 Å². The summed E-state index contributed by atoms with van der Waals surface area (Å²) < 4.78 is 0.585. The number of halogens is 3. The number of hydrogen-bond donors (Lipinski definition) is 1. The maximum atomic E-state index is 13.4. The summed E-state index contributed by atoms with van der Waals surface area (Å²) in [5.41, 5.74) is 2.22. The van der Waals surface area contributed by atoms with Gasteiger partial charge in [-0.1, -0.05) is 113 Å². The molecule has 6 nitrogen and oxygen atoms in total. The van der Waals surface area contributed by atoms with Gasteiger partial charge in [0.1, 0.15) is 0 Å². The molecule has 1 unspecified atom stereocenters. The molecule has 1 amide bonds. The van der Waals surface area contributed by atoms with E-state index in [2.05, 4.69) is 10.2 Å². The third-order valence-corrected chi connectivity index (χ3v) is 8.80. The standard InChI is InChI=1S/C28H18Cl3N3O3S2/c29-19-10-7-17(8-11-19)24-23(22(35)13-6-16-4-2-1-3-5-16)25(36)26(37)34(24)27-32-33-28(39-27)38-15-18-9-12-20(30)14-21(18)31/h1-14,24,36H,15H2/b13-6+. The summed E-state index contributed by atoms with van der Waals surface area (Å²) in [6.45, 7) is 0. The number of aliphatic hydroxyl groups is 1. The van der Waals surface area contributed by atoms with Crippen LogP contribution < -0.4 is 4.90 Å². The van der Waals surface area contributed by atoms with Gasteiger partial charge in [-0.25, -0.2) is 0 Å². The molecule has 0 aliphatic carbocycles. The number of hydrogen-bond acceptors (Lipinski definition) is 7. The highest BCUT2D eigenvalue weighted by molar-refractivity contribution is 8.00. The van der Waals surface area contributed by atoms with Crippen LogP contribution in [0.2, 0.25) is 15.1 Å². The number of benzene rings is 3. The van der Waals surface area contributed by atoms with Crippen molar-refractivity contribution in [2.45, 2.75) is 16.1 Å². The predicted octanol–water partition coefficient (Wildman–Crippen LogP) is 7.97. The molecular formula is C28H18Cl3N3O3S2. The average molecular weight is 615 g/mol. The van der Waals surface area contributed by atoms with Gasteiger partial charge in [0.15, 0.2) is 15.9 Å². The van der Waals surface area contributed by atoms with Gasteiger partial charge in [0.2, 0.25) is 5.13 Å². The highest BCUT2D eigenvalue weighted by Crippen LogP contribution is 2.43. The first-order chi connectivity index (χ1) is 18.8. The molecule has 0 fully saturated rings. The Bertz CT molecular complexity index is 1610. The van der Waals surface area contributed by atoms with Gasteiger partial charge in [-0.2, -0.15) is 0 Å². The van der Waals surface area contributed by atoms with Crippen LogP contribution in [0.25, 0.3) is 6.08 Å². The lowest BCUT2D eigenvalue weighted by molar-refractivity contribution is -0.117. The van der Waals surface area contributed by atoms with Crippen molar-refractivity contribution < 1.29 is 14.7 Å². The van der Waals surface area contributed by atoms with Crippen molar-refractivity contribution in [2.75, 3.05) is 4.90 Å². The first-order valence-corrected chi connectivity index (χ1v) is 14.5. The Morgan fingerprint density at radius 1 is 1.00 bits per heavy atom. The maximum Gasteiger partial charge on any atom is 0.296 e. The number of nitrogens with zero attached hydrogens (tertiary/aromatic N) is 3. The van der Waals surface area contributed by atoms with E-state index < -0.39 is 23.5 Å². The zero-order valence-corrected chi connectivity index (χ0v) is 23.8. The largest absolute Gasteiger partial charge is 0.503 e. The number of rotatable bonds is 8. The highest BCUT2D eigenvalue weighted by Gasteiger charge is 2.45. The van der Waals surface area contributed by atoms with E-state index in [1.807, 2.05) is 36.4 Å². The van der Waals surface area contributed by atoms with Crippen LogP contribution in [0.15, 0.2) is 94.5 Å². The molecule has 1 aliphatic rings. The molecule has 1 aromatic heterocycles. The Kier molecular flexibility index (Phi) is 8.40. The van der Waals surface area contributed by atoms with Crippen molar-refractivity contribution in [3.63, 3.8) is 0 Å². The number of amides is 1. The zero-order chi connectivity index (χ0) is 27.5. The smallest absolute Gasteiger partial charge is 0.296 e. The lowest BCUT2D eigenvalue weighted by atomic mass is 9.96. The van der Waals surface area contributed by atoms with Gasteiger partial charge < -0.3 is 5.11 Å². The molecule has 4 aromatic rings. The fourth-order valence-corrected chi connectivity index (χ4v) is 6.53. The van der Waals surface area contributed by atoms with Crippen molar-refractivity contribution in [3.8, 4) is 0 Å². The Morgan fingerprint density at radius 2 is 1.72 bits per heavy atom. The summed E-state index contributed by atoms with van der Waals surface area (Å²) in [4.78, 5) is 28.0. The minimum Gasteiger partial charge on any atom is -0.503 e. The summed E-state index contributed by atoms with van der Waals surface area (Å²) >= 11 is 20.9. The monoisotopic (exact) mass is 613 g/mol.